The van der Waals surface area contributed by atoms with Gasteiger partial charge in [0.25, 0.3) is 0 Å². The minimum absolute atomic E-state index is 0.169. The minimum Gasteiger partial charge on any atom is -0.222 e. The van der Waals surface area contributed by atoms with Crippen LogP contribution in [0.5, 0.6) is 0 Å². The van der Waals surface area contributed by atoms with Crippen molar-refractivity contribution < 1.29 is 0 Å². The van der Waals surface area contributed by atoms with E-state index in [-0.39, 0.29) is 5.16 Å². The molecular formula is C4H10Cl4N3P3. The molecule has 0 radical (unpaired) electrons. The maximum atomic E-state index is 6.42. The van der Waals surface area contributed by atoms with Gasteiger partial charge >= 0.3 is 0 Å². The van der Waals surface area contributed by atoms with E-state index in [2.05, 4.69) is 9.37 Å². The first-order valence-electron chi connectivity index (χ1n) is 3.65. The van der Waals surface area contributed by atoms with Crippen LogP contribution in [0.1, 0.15) is 20.8 Å². The molecule has 1 N–H and O–H groups in total. The molecule has 84 valence electrons. The second kappa shape index (κ2) is 4.81. The third kappa shape index (κ3) is 2.89. The summed E-state index contributed by atoms with van der Waals surface area (Å²) >= 11 is 24.2. The van der Waals surface area contributed by atoms with Crippen molar-refractivity contribution in [3.05, 3.63) is 0 Å². The molecule has 0 bridgehead atoms. The van der Waals surface area contributed by atoms with E-state index in [1.807, 2.05) is 20.8 Å². The molecule has 0 aromatic carbocycles. The quantitative estimate of drug-likeness (QED) is 0.431. The van der Waals surface area contributed by atoms with Gasteiger partial charge in [0.1, 0.15) is 6.56 Å². The Morgan fingerprint density at radius 2 is 1.86 bits per heavy atom. The van der Waals surface area contributed by atoms with Crippen LogP contribution in [0.4, 0.5) is 0 Å². The van der Waals surface area contributed by atoms with Crippen LogP contribution in [0.2, 0.25) is 0 Å². The molecule has 1 heterocycles. The lowest BCUT2D eigenvalue weighted by Gasteiger charge is -2.39. The molecule has 0 aliphatic carbocycles. The summed E-state index contributed by atoms with van der Waals surface area (Å²) < 4.78 is 5.66. The zero-order chi connectivity index (χ0) is 11.1. The molecule has 0 amide bonds. The molecule has 1 aliphatic rings. The number of rotatable bonds is 0. The van der Waals surface area contributed by atoms with Crippen LogP contribution in [-0.4, -0.2) is 9.12 Å². The summed E-state index contributed by atoms with van der Waals surface area (Å²) in [5, 5.41) is -0.169. The lowest BCUT2D eigenvalue weighted by atomic mass is 10.3. The van der Waals surface area contributed by atoms with E-state index in [4.69, 9.17) is 45.5 Å². The average molecular weight is 335 g/mol. The number of hydrogen-bond donors (Lipinski definition) is 1. The highest BCUT2D eigenvalue weighted by Crippen LogP contribution is 2.80. The molecule has 3 nitrogen and oxygen atoms in total. The Hall–Kier alpha value is 2.17. The zero-order valence-electron chi connectivity index (χ0n) is 7.75. The molecule has 0 saturated heterocycles. The highest BCUT2D eigenvalue weighted by atomic mass is 35.7. The molecule has 0 saturated carbocycles. The normalized spacial score (nSPS) is 40.8. The molecule has 14 heavy (non-hydrogen) atoms. The molecule has 0 aromatic heterocycles. The Morgan fingerprint density at radius 1 is 1.36 bits per heavy atom. The largest absolute Gasteiger partial charge is 0.222 e. The fourth-order valence-electron chi connectivity index (χ4n) is 0.650. The standard InChI is InChI=1S/C4H10Cl4N3P3/c1-4(2,3)14(8)9-12(6)11(5)13(7)10-14/h9H,1-3H3. The second-order valence-corrected chi connectivity index (χ2v) is 13.9. The van der Waals surface area contributed by atoms with Crippen molar-refractivity contribution in [2.75, 3.05) is 0 Å². The van der Waals surface area contributed by atoms with Crippen molar-refractivity contribution in [3.63, 3.8) is 0 Å². The first-order valence-corrected chi connectivity index (χ1v) is 11.0. The highest BCUT2D eigenvalue weighted by molar-refractivity contribution is 8.08. The van der Waals surface area contributed by atoms with Crippen LogP contribution in [0.15, 0.2) is 4.52 Å². The molecule has 0 spiro atoms. The number of nitrogens with zero attached hydrogens (tertiary/aromatic N) is 2. The topological polar surface area (TPSA) is 27.6 Å². The van der Waals surface area contributed by atoms with Crippen LogP contribution in [0, 0.1) is 0 Å². The molecule has 3 unspecified atom stereocenters. The highest BCUT2D eigenvalue weighted by Gasteiger charge is 2.42. The Bertz CT molecular complexity index is 279. The van der Waals surface area contributed by atoms with Gasteiger partial charge in [0, 0.05) is 5.16 Å². The number of halogens is 4. The average Bonchev–Trinajstić information content (AvgIpc) is 1.98. The van der Waals surface area contributed by atoms with Crippen molar-refractivity contribution in [1.29, 1.82) is 0 Å². The third-order valence-electron chi connectivity index (χ3n) is 1.58. The van der Waals surface area contributed by atoms with Gasteiger partial charge in [0.15, 0.2) is 7.58 Å². The van der Waals surface area contributed by atoms with Crippen molar-refractivity contribution in [1.82, 2.24) is 8.82 Å². The number of hydrogen-bond acceptors (Lipinski definition) is 3. The SMILES string of the molecule is CC(C)(C)P1(Cl)=NP(Cl)N(Cl)P(Cl)N1. The van der Waals surface area contributed by atoms with Crippen LogP contribution < -0.4 is 4.86 Å². The molecule has 1 rings (SSSR count). The lowest BCUT2D eigenvalue weighted by molar-refractivity contribution is 0.780. The summed E-state index contributed by atoms with van der Waals surface area (Å²) in [6.07, 6.45) is 0. The predicted molar refractivity (Wildman–Crippen MR) is 71.3 cm³/mol. The summed E-state index contributed by atoms with van der Waals surface area (Å²) in [5.74, 6) is 0. The van der Waals surface area contributed by atoms with Gasteiger partial charge in [-0.3, -0.25) is 0 Å². The number of nitrogens with one attached hydrogen (secondary N) is 1. The van der Waals surface area contributed by atoms with E-state index >= 15 is 0 Å². The Balaban J connectivity index is 3.08. The predicted octanol–water partition coefficient (Wildman–Crippen LogP) is 6.05. The van der Waals surface area contributed by atoms with Gasteiger partial charge < -0.3 is 0 Å². The van der Waals surface area contributed by atoms with Crippen LogP contribution in [-0.2, 0) is 0 Å². The lowest BCUT2D eigenvalue weighted by Crippen LogP contribution is -2.22. The van der Waals surface area contributed by atoms with E-state index in [0.717, 1.165) is 0 Å². The minimum atomic E-state index is -2.18. The zero-order valence-corrected chi connectivity index (χ0v) is 13.5. The van der Waals surface area contributed by atoms with Crippen molar-refractivity contribution in [3.8, 4) is 0 Å². The molecule has 3 atom stereocenters. The van der Waals surface area contributed by atoms with Crippen LogP contribution in [0.3, 0.4) is 0 Å². The first kappa shape index (κ1) is 14.2. The summed E-state index contributed by atoms with van der Waals surface area (Å²) in [6, 6.07) is 0. The fraction of sp³-hybridized carbons (Fsp3) is 1.00. The van der Waals surface area contributed by atoms with Crippen LogP contribution >= 0.6 is 67.2 Å². The van der Waals surface area contributed by atoms with Gasteiger partial charge in [-0.25, -0.2) is 9.37 Å². The first-order chi connectivity index (χ1) is 6.17. The van der Waals surface area contributed by atoms with Gasteiger partial charge in [0.2, 0.25) is 7.58 Å². The van der Waals surface area contributed by atoms with E-state index in [9.17, 15) is 0 Å². The molecular weight excluding hydrogens is 325 g/mol. The Morgan fingerprint density at radius 3 is 2.21 bits per heavy atom. The maximum Gasteiger partial charge on any atom is 0.210 e. The Kier molecular flexibility index (Phi) is 4.89. The summed E-state index contributed by atoms with van der Waals surface area (Å²) in [5.41, 5.74) is 0. The Labute approximate surface area is 106 Å². The van der Waals surface area contributed by atoms with Crippen molar-refractivity contribution in [2.24, 2.45) is 4.52 Å². The van der Waals surface area contributed by atoms with Crippen molar-refractivity contribution >= 4 is 67.2 Å². The second-order valence-electron chi connectivity index (χ2n) is 3.66. The van der Waals surface area contributed by atoms with E-state index in [0.29, 0.717) is 0 Å². The third-order valence-corrected chi connectivity index (χ3v) is 15.2. The van der Waals surface area contributed by atoms with Crippen molar-refractivity contribution in [2.45, 2.75) is 25.9 Å². The van der Waals surface area contributed by atoms with E-state index < -0.39 is 21.7 Å². The van der Waals surface area contributed by atoms with E-state index in [1.165, 1.54) is 3.96 Å². The van der Waals surface area contributed by atoms with Crippen LogP contribution in [0.25, 0.3) is 0 Å². The van der Waals surface area contributed by atoms with Gasteiger partial charge in [-0.2, -0.15) is 0 Å². The monoisotopic (exact) mass is 333 g/mol. The van der Waals surface area contributed by atoms with Gasteiger partial charge in [-0.1, -0.05) is 43.3 Å². The maximum absolute atomic E-state index is 6.42. The molecule has 10 heteroatoms. The summed E-state index contributed by atoms with van der Waals surface area (Å²) in [4.78, 5) is 3.08. The van der Waals surface area contributed by atoms with Gasteiger partial charge in [0.05, 0.1) is 0 Å². The summed E-state index contributed by atoms with van der Waals surface area (Å²) in [7, 11) is -2.50. The molecule has 1 aliphatic heterocycles. The molecule has 0 aromatic rings. The smallest absolute Gasteiger partial charge is 0.210 e. The summed E-state index contributed by atoms with van der Waals surface area (Å²) in [6.45, 7) is 3.84. The fourth-order valence-corrected chi connectivity index (χ4v) is 12.7. The molecule has 0 fully saturated rings. The van der Waals surface area contributed by atoms with Gasteiger partial charge in [-0.05, 0) is 23.0 Å². The van der Waals surface area contributed by atoms with Gasteiger partial charge in [-0.15, -0.1) is 3.96 Å². The van der Waals surface area contributed by atoms with E-state index in [1.54, 1.807) is 0 Å².